The molecule has 3 aromatic rings. The van der Waals surface area contributed by atoms with Gasteiger partial charge in [0.05, 0.1) is 34.8 Å². The molecular weight excluding hydrogens is 513 g/mol. The molecule has 2 aliphatic heterocycles. The lowest BCUT2D eigenvalue weighted by atomic mass is 10.0. The second-order valence-corrected chi connectivity index (χ2v) is 10.5. The highest BCUT2D eigenvalue weighted by Crippen LogP contribution is 2.36. The van der Waals surface area contributed by atoms with Crippen LogP contribution >= 0.6 is 23.4 Å². The van der Waals surface area contributed by atoms with E-state index in [9.17, 15) is 22.8 Å². The number of halogens is 4. The van der Waals surface area contributed by atoms with E-state index in [0.29, 0.717) is 27.9 Å². The van der Waals surface area contributed by atoms with E-state index in [-0.39, 0.29) is 34.3 Å². The summed E-state index contributed by atoms with van der Waals surface area (Å²) in [6.07, 6.45) is 0.439. The van der Waals surface area contributed by atoms with Crippen LogP contribution in [0.4, 0.5) is 18.0 Å². The first-order chi connectivity index (χ1) is 17.1. The summed E-state index contributed by atoms with van der Waals surface area (Å²) in [6, 6.07) is 8.87. The molecule has 0 aliphatic carbocycles. The van der Waals surface area contributed by atoms with E-state index in [2.05, 4.69) is 10.00 Å². The van der Waals surface area contributed by atoms with Crippen LogP contribution in [0.5, 0.6) is 0 Å². The normalized spacial score (nSPS) is 20.8. The highest BCUT2D eigenvalue weighted by atomic mass is 35.5. The number of hydrogen-bond acceptors (Lipinski definition) is 5. The fraction of sp³-hybridized carbons (Fsp3) is 0.320. The topological polar surface area (TPSA) is 58.4 Å². The Morgan fingerprint density at radius 2 is 2.00 bits per heavy atom. The molecule has 3 heterocycles. The van der Waals surface area contributed by atoms with Crippen molar-refractivity contribution in [1.82, 2.24) is 19.6 Å². The SMILES string of the molecule is CN1CCCC(N2C(=O)SC(=Cc3ccc4c(cnn4Cc4ccc(Cl)cc4C(F)(F)F)c3)C2=O)C1. The van der Waals surface area contributed by atoms with Crippen LogP contribution in [-0.2, 0) is 17.5 Å². The first-order valence-electron chi connectivity index (χ1n) is 11.4. The van der Waals surface area contributed by atoms with Gasteiger partial charge in [0.15, 0.2) is 0 Å². The van der Waals surface area contributed by atoms with Gasteiger partial charge in [0, 0.05) is 17.0 Å². The van der Waals surface area contributed by atoms with E-state index in [4.69, 9.17) is 11.6 Å². The van der Waals surface area contributed by atoms with Crippen LogP contribution in [0.3, 0.4) is 0 Å². The second kappa shape index (κ2) is 9.57. The summed E-state index contributed by atoms with van der Waals surface area (Å²) in [6.45, 7) is 1.54. The van der Waals surface area contributed by atoms with Crippen molar-refractivity contribution in [2.45, 2.75) is 31.6 Å². The molecule has 0 saturated carbocycles. The molecular formula is C25H22ClF3N4O2S. The number of thioether (sulfide) groups is 1. The third kappa shape index (κ3) is 4.89. The Balaban J connectivity index is 1.39. The summed E-state index contributed by atoms with van der Waals surface area (Å²) in [5.74, 6) is -0.288. The number of fused-ring (bicyclic) bond motifs is 1. The van der Waals surface area contributed by atoms with Gasteiger partial charge in [-0.15, -0.1) is 0 Å². The number of aromatic nitrogens is 2. The second-order valence-electron chi connectivity index (χ2n) is 9.03. The van der Waals surface area contributed by atoms with E-state index >= 15 is 0 Å². The van der Waals surface area contributed by atoms with Crippen LogP contribution < -0.4 is 0 Å². The highest BCUT2D eigenvalue weighted by Gasteiger charge is 2.40. The summed E-state index contributed by atoms with van der Waals surface area (Å²) in [5, 5.41) is 4.74. The summed E-state index contributed by atoms with van der Waals surface area (Å²) >= 11 is 6.72. The van der Waals surface area contributed by atoms with Crippen molar-refractivity contribution in [3.05, 3.63) is 69.2 Å². The van der Waals surface area contributed by atoms with Gasteiger partial charge in [-0.1, -0.05) is 23.7 Å². The van der Waals surface area contributed by atoms with Gasteiger partial charge >= 0.3 is 6.18 Å². The van der Waals surface area contributed by atoms with Crippen LogP contribution in [0.15, 0.2) is 47.5 Å². The molecule has 0 radical (unpaired) electrons. The molecule has 188 valence electrons. The zero-order valence-electron chi connectivity index (χ0n) is 19.3. The number of piperidine rings is 1. The maximum atomic E-state index is 13.5. The van der Waals surface area contributed by atoms with Crippen LogP contribution in [0.25, 0.3) is 17.0 Å². The van der Waals surface area contributed by atoms with Crippen molar-refractivity contribution in [2.75, 3.05) is 20.1 Å². The van der Waals surface area contributed by atoms with Crippen molar-refractivity contribution < 1.29 is 22.8 Å². The minimum Gasteiger partial charge on any atom is -0.304 e. The van der Waals surface area contributed by atoms with Crippen LogP contribution in [0.2, 0.25) is 5.02 Å². The Labute approximate surface area is 214 Å². The Kier molecular flexibility index (Phi) is 6.61. The van der Waals surface area contributed by atoms with Gasteiger partial charge in [-0.2, -0.15) is 18.3 Å². The third-order valence-electron chi connectivity index (χ3n) is 6.45. The number of imide groups is 1. The molecule has 11 heteroatoms. The fourth-order valence-corrected chi connectivity index (χ4v) is 5.80. The zero-order valence-corrected chi connectivity index (χ0v) is 20.8. The van der Waals surface area contributed by atoms with E-state index in [1.807, 2.05) is 7.05 Å². The number of amides is 2. The van der Waals surface area contributed by atoms with Gasteiger partial charge < -0.3 is 4.90 Å². The average Bonchev–Trinajstić information content (AvgIpc) is 3.33. The van der Waals surface area contributed by atoms with Gasteiger partial charge in [0.1, 0.15) is 0 Å². The van der Waals surface area contributed by atoms with Gasteiger partial charge in [-0.25, -0.2) is 0 Å². The van der Waals surface area contributed by atoms with Gasteiger partial charge in [-0.3, -0.25) is 19.2 Å². The lowest BCUT2D eigenvalue weighted by Crippen LogP contribution is -2.48. The Morgan fingerprint density at radius 1 is 1.19 bits per heavy atom. The standard InChI is InChI=1S/C25H22ClF3N4O2S/c1-31-8-2-3-19(14-31)33-23(34)22(36-24(33)35)10-15-4-7-21-17(9-15)12-30-32(21)13-16-5-6-18(26)11-20(16)25(27,28)29/h4-7,9-12,19H,2-3,8,13-14H2,1H3. The minimum atomic E-state index is -4.54. The predicted molar refractivity (Wildman–Crippen MR) is 134 cm³/mol. The molecule has 2 amide bonds. The van der Waals surface area contributed by atoms with Gasteiger partial charge in [-0.05, 0) is 79.7 Å². The molecule has 36 heavy (non-hydrogen) atoms. The molecule has 2 fully saturated rings. The van der Waals surface area contributed by atoms with Gasteiger partial charge in [0.2, 0.25) is 0 Å². The molecule has 0 N–H and O–H groups in total. The summed E-state index contributed by atoms with van der Waals surface area (Å²) in [5.41, 5.74) is 0.613. The van der Waals surface area contributed by atoms with E-state index in [1.54, 1.807) is 30.5 Å². The lowest BCUT2D eigenvalue weighted by molar-refractivity contribution is -0.138. The van der Waals surface area contributed by atoms with E-state index in [1.165, 1.54) is 21.7 Å². The Morgan fingerprint density at radius 3 is 2.75 bits per heavy atom. The third-order valence-corrected chi connectivity index (χ3v) is 7.57. The molecule has 2 aromatic carbocycles. The maximum absolute atomic E-state index is 13.5. The molecule has 6 nitrogen and oxygen atoms in total. The largest absolute Gasteiger partial charge is 0.416 e. The van der Waals surface area contributed by atoms with Gasteiger partial charge in [0.25, 0.3) is 11.1 Å². The molecule has 2 saturated heterocycles. The van der Waals surface area contributed by atoms with Crippen molar-refractivity contribution in [2.24, 2.45) is 0 Å². The summed E-state index contributed by atoms with van der Waals surface area (Å²) in [4.78, 5) is 29.5. The molecule has 1 atom stereocenters. The van der Waals surface area contributed by atoms with Crippen molar-refractivity contribution in [1.29, 1.82) is 0 Å². The molecule has 1 unspecified atom stereocenters. The monoisotopic (exact) mass is 534 g/mol. The van der Waals surface area contributed by atoms with Crippen molar-refractivity contribution in [3.8, 4) is 0 Å². The molecule has 1 aromatic heterocycles. The quantitative estimate of drug-likeness (QED) is 0.391. The first kappa shape index (κ1) is 24.9. The highest BCUT2D eigenvalue weighted by molar-refractivity contribution is 8.18. The first-order valence-corrected chi connectivity index (χ1v) is 12.6. The summed E-state index contributed by atoms with van der Waals surface area (Å²) < 4.78 is 42.0. The number of likely N-dealkylation sites (N-methyl/N-ethyl adjacent to an activating group) is 1. The zero-order chi connectivity index (χ0) is 25.6. The minimum absolute atomic E-state index is 0.0148. The fourth-order valence-electron chi connectivity index (χ4n) is 4.73. The maximum Gasteiger partial charge on any atom is 0.416 e. The number of alkyl halides is 3. The number of hydrogen-bond donors (Lipinski definition) is 0. The van der Waals surface area contributed by atoms with E-state index < -0.39 is 11.7 Å². The number of rotatable bonds is 4. The molecule has 5 rings (SSSR count). The summed E-state index contributed by atoms with van der Waals surface area (Å²) in [7, 11) is 1.98. The van der Waals surface area contributed by atoms with Crippen LogP contribution in [-0.4, -0.2) is 56.9 Å². The van der Waals surface area contributed by atoms with Crippen LogP contribution in [0, 0.1) is 0 Å². The average molecular weight is 535 g/mol. The lowest BCUT2D eigenvalue weighted by Gasteiger charge is -2.33. The molecule has 0 bridgehead atoms. The predicted octanol–water partition coefficient (Wildman–Crippen LogP) is 5.89. The van der Waals surface area contributed by atoms with E-state index in [0.717, 1.165) is 37.2 Å². The number of benzene rings is 2. The number of carbonyl (C=O) groups is 2. The molecule has 2 aliphatic rings. The number of carbonyl (C=O) groups excluding carboxylic acids is 2. The van der Waals surface area contributed by atoms with Crippen LogP contribution in [0.1, 0.15) is 29.5 Å². The molecule has 0 spiro atoms. The van der Waals surface area contributed by atoms with Crippen molar-refractivity contribution >= 4 is 51.5 Å². The Bertz CT molecular complexity index is 1390. The Hall–Kier alpha value is -2.82. The smallest absolute Gasteiger partial charge is 0.304 e. The van der Waals surface area contributed by atoms with Crippen molar-refractivity contribution in [3.63, 3.8) is 0 Å². The number of likely N-dealkylation sites (tertiary alicyclic amines) is 1. The number of nitrogens with zero attached hydrogens (tertiary/aromatic N) is 4.